The molecule has 0 bridgehead atoms. The summed E-state index contributed by atoms with van der Waals surface area (Å²) in [5.41, 5.74) is 0.406. The zero-order valence-electron chi connectivity index (χ0n) is 13.3. The van der Waals surface area contributed by atoms with Gasteiger partial charge in [-0.2, -0.15) is 0 Å². The maximum absolute atomic E-state index is 11.0. The van der Waals surface area contributed by atoms with Crippen LogP contribution in [-0.4, -0.2) is 80.9 Å². The van der Waals surface area contributed by atoms with Gasteiger partial charge < -0.3 is 45.4 Å². The number of aliphatic carboxylic acids is 1. The molecule has 0 radical (unpaired) electrons. The van der Waals surface area contributed by atoms with Gasteiger partial charge in [-0.1, -0.05) is 6.07 Å². The zero-order valence-corrected chi connectivity index (χ0v) is 13.3. The summed E-state index contributed by atoms with van der Waals surface area (Å²) in [5, 5.41) is 60.8. The Labute approximate surface area is 142 Å². The molecule has 1 fully saturated rings. The Kier molecular flexibility index (Phi) is 6.16. The molecule has 25 heavy (non-hydrogen) atoms. The van der Waals surface area contributed by atoms with E-state index in [9.17, 15) is 30.3 Å². The van der Waals surface area contributed by atoms with Gasteiger partial charge in [0.25, 0.3) is 0 Å². The molecule has 1 aromatic carbocycles. The van der Waals surface area contributed by atoms with Crippen molar-refractivity contribution in [3.05, 3.63) is 23.8 Å². The normalized spacial score (nSPS) is 30.7. The van der Waals surface area contributed by atoms with E-state index < -0.39 is 42.8 Å². The summed E-state index contributed by atoms with van der Waals surface area (Å²) in [5.74, 6) is -2.07. The van der Waals surface area contributed by atoms with Gasteiger partial charge in [0.05, 0.1) is 6.10 Å². The van der Waals surface area contributed by atoms with E-state index in [1.165, 1.54) is 18.2 Å². The Bertz CT molecular complexity index is 611. The van der Waals surface area contributed by atoms with Crippen molar-refractivity contribution in [2.75, 3.05) is 13.6 Å². The number of carboxylic acid groups (broad SMARTS) is 1. The SMILES string of the molecule is CNCC(O)c1ccc(OC2OC(C(=O)O)C(O)C(O)C2O)c(O)c1. The predicted octanol–water partition coefficient (Wildman–Crippen LogP) is -2.08. The summed E-state index contributed by atoms with van der Waals surface area (Å²) in [7, 11) is 1.65. The van der Waals surface area contributed by atoms with Crippen molar-refractivity contribution < 1.29 is 44.9 Å². The molecule has 10 heteroatoms. The lowest BCUT2D eigenvalue weighted by Crippen LogP contribution is -2.61. The number of benzene rings is 1. The number of hydrogen-bond acceptors (Lipinski definition) is 9. The van der Waals surface area contributed by atoms with Crippen molar-refractivity contribution in [1.29, 1.82) is 0 Å². The maximum Gasteiger partial charge on any atom is 0.335 e. The Balaban J connectivity index is 2.16. The summed E-state index contributed by atoms with van der Waals surface area (Å²) in [6.45, 7) is 0.258. The van der Waals surface area contributed by atoms with Crippen LogP contribution in [0.25, 0.3) is 0 Å². The van der Waals surface area contributed by atoms with Crippen molar-refractivity contribution in [2.45, 2.75) is 36.8 Å². The first-order chi connectivity index (χ1) is 11.8. The standard InChI is InChI=1S/C15H21NO9/c1-16-5-8(18)6-2-3-9(7(17)4-6)24-15-12(21)10(19)11(20)13(25-15)14(22)23/h2-4,8,10-13,15-21H,5H2,1H3,(H,22,23). The number of hydrogen-bond donors (Lipinski definition) is 7. The molecule has 6 atom stereocenters. The summed E-state index contributed by atoms with van der Waals surface area (Å²) < 4.78 is 10.2. The quantitative estimate of drug-likeness (QED) is 0.299. The maximum atomic E-state index is 11.0. The second-order valence-corrected chi connectivity index (χ2v) is 5.65. The molecule has 140 valence electrons. The first-order valence-corrected chi connectivity index (χ1v) is 7.51. The molecule has 2 rings (SSSR count). The van der Waals surface area contributed by atoms with E-state index in [4.69, 9.17) is 14.6 Å². The second kappa shape index (κ2) is 7.95. The van der Waals surface area contributed by atoms with Gasteiger partial charge in [0.1, 0.15) is 18.3 Å². The third kappa shape index (κ3) is 4.18. The first kappa shape index (κ1) is 19.4. The first-order valence-electron chi connectivity index (χ1n) is 7.51. The second-order valence-electron chi connectivity index (χ2n) is 5.65. The monoisotopic (exact) mass is 359 g/mol. The molecule has 0 spiro atoms. The molecule has 0 aliphatic carbocycles. The Morgan fingerprint density at radius 3 is 2.52 bits per heavy atom. The van der Waals surface area contributed by atoms with E-state index in [0.29, 0.717) is 5.56 Å². The highest BCUT2D eigenvalue weighted by molar-refractivity contribution is 5.73. The van der Waals surface area contributed by atoms with Gasteiger partial charge in [-0.25, -0.2) is 4.79 Å². The van der Waals surface area contributed by atoms with Crippen molar-refractivity contribution in [2.24, 2.45) is 0 Å². The molecule has 10 nitrogen and oxygen atoms in total. The van der Waals surface area contributed by atoms with E-state index in [2.05, 4.69) is 5.32 Å². The molecule has 6 unspecified atom stereocenters. The van der Waals surface area contributed by atoms with Crippen molar-refractivity contribution in [3.8, 4) is 11.5 Å². The lowest BCUT2D eigenvalue weighted by molar-refractivity contribution is -0.271. The fourth-order valence-corrected chi connectivity index (χ4v) is 2.43. The van der Waals surface area contributed by atoms with Crippen LogP contribution < -0.4 is 10.1 Å². The van der Waals surface area contributed by atoms with Gasteiger partial charge in [-0.3, -0.25) is 0 Å². The molecule has 0 saturated carbocycles. The predicted molar refractivity (Wildman–Crippen MR) is 81.9 cm³/mol. The highest BCUT2D eigenvalue weighted by Crippen LogP contribution is 2.32. The molecule has 1 aliphatic heterocycles. The number of aromatic hydroxyl groups is 1. The topological polar surface area (TPSA) is 169 Å². The number of phenols is 1. The molecule has 0 aromatic heterocycles. The molecule has 1 heterocycles. The lowest BCUT2D eigenvalue weighted by atomic mass is 9.99. The number of rotatable bonds is 6. The van der Waals surface area contributed by atoms with Gasteiger partial charge in [0.2, 0.25) is 6.29 Å². The van der Waals surface area contributed by atoms with Gasteiger partial charge in [-0.15, -0.1) is 0 Å². The minimum atomic E-state index is -1.83. The third-order valence-corrected chi connectivity index (χ3v) is 3.82. The summed E-state index contributed by atoms with van der Waals surface area (Å²) in [6.07, 6.45) is -9.67. The summed E-state index contributed by atoms with van der Waals surface area (Å²) in [6, 6.07) is 4.01. The average Bonchev–Trinajstić information content (AvgIpc) is 2.56. The van der Waals surface area contributed by atoms with Crippen LogP contribution in [-0.2, 0) is 9.53 Å². The van der Waals surface area contributed by atoms with Gasteiger partial charge in [0, 0.05) is 6.54 Å². The van der Waals surface area contributed by atoms with E-state index in [1.807, 2.05) is 0 Å². The average molecular weight is 359 g/mol. The van der Waals surface area contributed by atoms with E-state index in [1.54, 1.807) is 7.05 Å². The Hall–Kier alpha value is -1.95. The Morgan fingerprint density at radius 2 is 1.96 bits per heavy atom. The van der Waals surface area contributed by atoms with Crippen LogP contribution in [0.3, 0.4) is 0 Å². The van der Waals surface area contributed by atoms with E-state index in [0.717, 1.165) is 0 Å². The van der Waals surface area contributed by atoms with Gasteiger partial charge >= 0.3 is 5.97 Å². The number of carbonyl (C=O) groups is 1. The van der Waals surface area contributed by atoms with Gasteiger partial charge in [0.15, 0.2) is 17.6 Å². The number of nitrogens with one attached hydrogen (secondary N) is 1. The van der Waals surface area contributed by atoms with Crippen LogP contribution in [0.5, 0.6) is 11.5 Å². The molecule has 1 saturated heterocycles. The molecule has 0 amide bonds. The van der Waals surface area contributed by atoms with Crippen LogP contribution in [0.1, 0.15) is 11.7 Å². The number of carboxylic acids is 1. The van der Waals surface area contributed by atoms with Crippen LogP contribution in [0.2, 0.25) is 0 Å². The van der Waals surface area contributed by atoms with Crippen molar-refractivity contribution >= 4 is 5.97 Å². The summed E-state index contributed by atoms with van der Waals surface area (Å²) >= 11 is 0. The largest absolute Gasteiger partial charge is 0.504 e. The minimum absolute atomic E-state index is 0.155. The molecular formula is C15H21NO9. The van der Waals surface area contributed by atoms with Crippen LogP contribution in [0.15, 0.2) is 18.2 Å². The van der Waals surface area contributed by atoms with Crippen LogP contribution in [0.4, 0.5) is 0 Å². The molecular weight excluding hydrogens is 338 g/mol. The number of ether oxygens (including phenoxy) is 2. The molecule has 1 aromatic rings. The van der Waals surface area contributed by atoms with Crippen LogP contribution >= 0.6 is 0 Å². The number of likely N-dealkylation sites (N-methyl/N-ethyl adjacent to an activating group) is 1. The highest BCUT2D eigenvalue weighted by atomic mass is 16.7. The molecule has 1 aliphatic rings. The number of phenolic OH excluding ortho intramolecular Hbond substituents is 1. The molecule has 7 N–H and O–H groups in total. The van der Waals surface area contributed by atoms with Gasteiger partial charge in [-0.05, 0) is 24.7 Å². The van der Waals surface area contributed by atoms with E-state index >= 15 is 0 Å². The highest BCUT2D eigenvalue weighted by Gasteiger charge is 2.48. The number of aliphatic hydroxyl groups is 4. The van der Waals surface area contributed by atoms with Crippen molar-refractivity contribution in [3.63, 3.8) is 0 Å². The summed E-state index contributed by atoms with van der Waals surface area (Å²) in [4.78, 5) is 11.0. The Morgan fingerprint density at radius 1 is 1.28 bits per heavy atom. The fraction of sp³-hybridized carbons (Fsp3) is 0.533. The zero-order chi connectivity index (χ0) is 18.7. The smallest absolute Gasteiger partial charge is 0.335 e. The number of aliphatic hydroxyl groups excluding tert-OH is 4. The minimum Gasteiger partial charge on any atom is -0.504 e. The fourth-order valence-electron chi connectivity index (χ4n) is 2.43. The lowest BCUT2D eigenvalue weighted by Gasteiger charge is -2.38. The van der Waals surface area contributed by atoms with Crippen molar-refractivity contribution in [1.82, 2.24) is 5.32 Å². The van der Waals surface area contributed by atoms with E-state index in [-0.39, 0.29) is 18.0 Å². The third-order valence-electron chi connectivity index (χ3n) is 3.82. The van der Waals surface area contributed by atoms with Crippen LogP contribution in [0, 0.1) is 0 Å².